The second kappa shape index (κ2) is 13.3. The number of furan rings is 1. The van der Waals surface area contributed by atoms with Crippen LogP contribution < -0.4 is 4.90 Å². The molecular weight excluding hydrogens is 686 g/mol. The zero-order valence-corrected chi connectivity index (χ0v) is 29.3. The summed E-state index contributed by atoms with van der Waals surface area (Å²) < 4.78 is 7.49. The van der Waals surface area contributed by atoms with E-state index in [4.69, 9.17) is 4.42 Å². The minimum absolute atomic E-state index is 0.861. The van der Waals surface area contributed by atoms with Crippen LogP contribution in [0.2, 0.25) is 0 Å². The van der Waals surface area contributed by atoms with Crippen LogP contribution in [0.25, 0.3) is 66.4 Å². The van der Waals surface area contributed by atoms with Crippen LogP contribution in [0.15, 0.2) is 203 Å². The summed E-state index contributed by atoms with van der Waals surface area (Å²) in [4.78, 5) is 2.35. The number of benzene rings is 8. The van der Waals surface area contributed by atoms with E-state index in [0.29, 0.717) is 0 Å². The maximum absolute atomic E-state index is 6.42. The first-order valence-corrected chi connectivity index (χ1v) is 17.9. The molecule has 0 aliphatic carbocycles. The molecule has 0 amide bonds. The highest BCUT2D eigenvalue weighted by Gasteiger charge is 2.21. The lowest BCUT2D eigenvalue weighted by atomic mass is 9.88. The van der Waals surface area contributed by atoms with E-state index in [1.807, 2.05) is 12.1 Å². The van der Waals surface area contributed by atoms with Gasteiger partial charge in [0.25, 0.3) is 0 Å². The van der Waals surface area contributed by atoms with Gasteiger partial charge in [0.05, 0.1) is 5.69 Å². The summed E-state index contributed by atoms with van der Waals surface area (Å²) in [5, 5.41) is 2.23. The molecule has 0 N–H and O–H groups in total. The Hall–Kier alpha value is -6.16. The number of halogens is 1. The van der Waals surface area contributed by atoms with Gasteiger partial charge < -0.3 is 9.32 Å². The maximum Gasteiger partial charge on any atom is 0.137 e. The van der Waals surface area contributed by atoms with Crippen molar-refractivity contribution in [2.75, 3.05) is 4.90 Å². The predicted octanol–water partition coefficient (Wildman–Crippen LogP) is 14.5. The van der Waals surface area contributed by atoms with E-state index < -0.39 is 0 Å². The van der Waals surface area contributed by atoms with Gasteiger partial charge in [0.2, 0.25) is 0 Å². The molecule has 0 unspecified atom stereocenters. The standard InChI is InChI=1S/C48H32BrNO/c49-45-23-11-8-20-41(45)39-18-6-4-16-37(39)38-17-5-7-19-40(38)42-21-9-12-24-46(42)50(35-28-26-34(27-29-35)33-14-2-1-3-15-33)36-30-31-44-43-22-10-13-25-47(43)51-48(44)32-36/h1-32H. The first-order chi connectivity index (χ1) is 25.2. The van der Waals surface area contributed by atoms with Crippen LogP contribution >= 0.6 is 15.9 Å². The number of fused-ring (bicyclic) bond motifs is 3. The molecule has 8 aromatic carbocycles. The molecule has 0 bridgehead atoms. The van der Waals surface area contributed by atoms with Crippen molar-refractivity contribution in [1.29, 1.82) is 0 Å². The molecule has 1 heterocycles. The van der Waals surface area contributed by atoms with E-state index in [2.05, 4.69) is 203 Å². The third-order valence-corrected chi connectivity index (χ3v) is 10.3. The van der Waals surface area contributed by atoms with E-state index in [9.17, 15) is 0 Å². The van der Waals surface area contributed by atoms with Gasteiger partial charge >= 0.3 is 0 Å². The Kier molecular flexibility index (Phi) is 8.04. The highest BCUT2D eigenvalue weighted by atomic mass is 79.9. The van der Waals surface area contributed by atoms with Crippen molar-refractivity contribution in [1.82, 2.24) is 0 Å². The van der Waals surface area contributed by atoms with E-state index in [0.717, 1.165) is 60.2 Å². The quantitative estimate of drug-likeness (QED) is 0.163. The number of para-hydroxylation sites is 2. The molecule has 2 nitrogen and oxygen atoms in total. The highest BCUT2D eigenvalue weighted by Crippen LogP contribution is 2.46. The molecule has 0 aliphatic rings. The molecule has 1 aromatic heterocycles. The number of hydrogen-bond donors (Lipinski definition) is 0. The van der Waals surface area contributed by atoms with Crippen LogP contribution in [0.5, 0.6) is 0 Å². The third-order valence-electron chi connectivity index (χ3n) is 9.60. The summed E-state index contributed by atoms with van der Waals surface area (Å²) in [5.41, 5.74) is 14.3. The molecule has 0 fully saturated rings. The molecule has 0 saturated carbocycles. The molecule has 0 radical (unpaired) electrons. The molecular formula is C48H32BrNO. The van der Waals surface area contributed by atoms with Gasteiger partial charge in [-0.25, -0.2) is 0 Å². The van der Waals surface area contributed by atoms with Crippen LogP contribution in [-0.4, -0.2) is 0 Å². The molecule has 3 heteroatoms. The average Bonchev–Trinajstić information content (AvgIpc) is 3.57. The monoisotopic (exact) mass is 717 g/mol. The fourth-order valence-electron chi connectivity index (χ4n) is 7.20. The minimum atomic E-state index is 0.861. The first-order valence-electron chi connectivity index (χ1n) is 17.1. The summed E-state index contributed by atoms with van der Waals surface area (Å²) in [5.74, 6) is 0. The highest BCUT2D eigenvalue weighted by molar-refractivity contribution is 9.10. The van der Waals surface area contributed by atoms with Crippen molar-refractivity contribution in [3.8, 4) is 44.5 Å². The van der Waals surface area contributed by atoms with Crippen LogP contribution in [0.3, 0.4) is 0 Å². The summed E-state index contributed by atoms with van der Waals surface area (Å²) in [7, 11) is 0. The summed E-state index contributed by atoms with van der Waals surface area (Å²) in [6, 6.07) is 68.8. The van der Waals surface area contributed by atoms with Gasteiger partial charge in [0.1, 0.15) is 11.2 Å². The smallest absolute Gasteiger partial charge is 0.137 e. The maximum atomic E-state index is 6.42. The van der Waals surface area contributed by atoms with Crippen molar-refractivity contribution >= 4 is 54.9 Å². The Morgan fingerprint density at radius 1 is 0.353 bits per heavy atom. The van der Waals surface area contributed by atoms with Gasteiger partial charge in [0.15, 0.2) is 0 Å². The summed E-state index contributed by atoms with van der Waals surface area (Å²) in [6.07, 6.45) is 0. The predicted molar refractivity (Wildman–Crippen MR) is 218 cm³/mol. The van der Waals surface area contributed by atoms with Gasteiger partial charge in [0, 0.05) is 38.2 Å². The lowest BCUT2D eigenvalue weighted by Crippen LogP contribution is -2.11. The summed E-state index contributed by atoms with van der Waals surface area (Å²) >= 11 is 3.82. The molecule has 0 atom stereocenters. The number of hydrogen-bond acceptors (Lipinski definition) is 2. The normalized spacial score (nSPS) is 11.2. The summed E-state index contributed by atoms with van der Waals surface area (Å²) in [6.45, 7) is 0. The zero-order valence-electron chi connectivity index (χ0n) is 27.7. The fraction of sp³-hybridized carbons (Fsp3) is 0. The number of anilines is 3. The topological polar surface area (TPSA) is 16.4 Å². The van der Waals surface area contributed by atoms with Crippen molar-refractivity contribution in [3.63, 3.8) is 0 Å². The molecule has 0 aliphatic heterocycles. The molecule has 51 heavy (non-hydrogen) atoms. The molecule has 0 saturated heterocycles. The molecule has 0 spiro atoms. The SMILES string of the molecule is Brc1ccccc1-c1ccccc1-c1ccccc1-c1ccccc1N(c1ccc(-c2ccccc2)cc1)c1ccc2c(c1)oc1ccccc12. The number of rotatable bonds is 7. The lowest BCUT2D eigenvalue weighted by molar-refractivity contribution is 0.669. The van der Waals surface area contributed by atoms with Gasteiger partial charge in [-0.3, -0.25) is 0 Å². The fourth-order valence-corrected chi connectivity index (χ4v) is 7.69. The Morgan fingerprint density at radius 2 is 0.843 bits per heavy atom. The largest absolute Gasteiger partial charge is 0.456 e. The van der Waals surface area contributed by atoms with Gasteiger partial charge in [-0.05, 0) is 81.4 Å². The van der Waals surface area contributed by atoms with E-state index >= 15 is 0 Å². The van der Waals surface area contributed by atoms with Crippen molar-refractivity contribution in [3.05, 3.63) is 199 Å². The van der Waals surface area contributed by atoms with Crippen LogP contribution in [0.1, 0.15) is 0 Å². The molecule has 9 aromatic rings. The van der Waals surface area contributed by atoms with Crippen LogP contribution in [-0.2, 0) is 0 Å². The molecule has 242 valence electrons. The zero-order chi connectivity index (χ0) is 34.1. The molecule has 9 rings (SSSR count). The Bertz CT molecular complexity index is 2660. The van der Waals surface area contributed by atoms with E-state index in [1.54, 1.807) is 0 Å². The van der Waals surface area contributed by atoms with Crippen LogP contribution in [0.4, 0.5) is 17.1 Å². The number of nitrogens with zero attached hydrogens (tertiary/aromatic N) is 1. The second-order valence-corrected chi connectivity index (χ2v) is 13.5. The minimum Gasteiger partial charge on any atom is -0.456 e. The Morgan fingerprint density at radius 3 is 1.55 bits per heavy atom. The second-order valence-electron chi connectivity index (χ2n) is 12.6. The third kappa shape index (κ3) is 5.72. The average molecular weight is 719 g/mol. The van der Waals surface area contributed by atoms with Gasteiger partial charge in [-0.15, -0.1) is 0 Å². The van der Waals surface area contributed by atoms with E-state index in [-0.39, 0.29) is 0 Å². The van der Waals surface area contributed by atoms with Crippen molar-refractivity contribution in [2.24, 2.45) is 0 Å². The van der Waals surface area contributed by atoms with Gasteiger partial charge in [-0.2, -0.15) is 0 Å². The van der Waals surface area contributed by atoms with Crippen LogP contribution in [0, 0.1) is 0 Å². The lowest BCUT2D eigenvalue weighted by Gasteiger charge is -2.28. The Balaban J connectivity index is 1.24. The van der Waals surface area contributed by atoms with Crippen molar-refractivity contribution in [2.45, 2.75) is 0 Å². The first kappa shape index (κ1) is 30.9. The Labute approximate surface area is 306 Å². The van der Waals surface area contributed by atoms with E-state index in [1.165, 1.54) is 27.8 Å². The van der Waals surface area contributed by atoms with Gasteiger partial charge in [-0.1, -0.05) is 162 Å². The van der Waals surface area contributed by atoms with Crippen molar-refractivity contribution < 1.29 is 4.42 Å².